The Balaban J connectivity index is 1.27. The number of rotatable bonds is 4. The number of nitrogens with one attached hydrogen (secondary N) is 1. The molecule has 4 heterocycles. The van der Waals surface area contributed by atoms with Gasteiger partial charge in [0.15, 0.2) is 0 Å². The number of hydrogen-bond acceptors (Lipinski definition) is 6. The minimum absolute atomic E-state index is 0.0521. The molecule has 30 heavy (non-hydrogen) atoms. The number of piperidine rings is 1. The SMILES string of the molecule is Cc1cc(N2C[C@H]3CC[C@@H](C2)C3NC(=O)c2ccc(-n3cnnc3)nc2)cc(C)n1. The lowest BCUT2D eigenvalue weighted by molar-refractivity contribution is 0.0910. The van der Waals surface area contributed by atoms with Crippen molar-refractivity contribution in [1.29, 1.82) is 0 Å². The van der Waals surface area contributed by atoms with Crippen molar-refractivity contribution in [3.63, 3.8) is 0 Å². The number of fused-ring (bicyclic) bond motifs is 2. The Labute approximate surface area is 175 Å². The molecule has 1 aliphatic carbocycles. The normalized spacial score (nSPS) is 22.9. The van der Waals surface area contributed by atoms with Crippen LogP contribution in [-0.4, -0.2) is 49.8 Å². The first-order valence-corrected chi connectivity index (χ1v) is 10.4. The van der Waals surface area contributed by atoms with E-state index in [1.165, 1.54) is 5.69 Å². The molecule has 0 aromatic carbocycles. The summed E-state index contributed by atoms with van der Waals surface area (Å²) < 4.78 is 1.71. The van der Waals surface area contributed by atoms with Gasteiger partial charge in [-0.05, 0) is 62.8 Å². The molecule has 3 aromatic heterocycles. The molecule has 3 atom stereocenters. The van der Waals surface area contributed by atoms with Crippen LogP contribution >= 0.6 is 0 Å². The van der Waals surface area contributed by atoms with E-state index in [9.17, 15) is 4.79 Å². The van der Waals surface area contributed by atoms with E-state index >= 15 is 0 Å². The largest absolute Gasteiger partial charge is 0.371 e. The van der Waals surface area contributed by atoms with Crippen LogP contribution in [0.2, 0.25) is 0 Å². The van der Waals surface area contributed by atoms with Crippen LogP contribution in [0.1, 0.15) is 34.6 Å². The Kier molecular flexibility index (Phi) is 4.69. The lowest BCUT2D eigenvalue weighted by Crippen LogP contribution is -2.52. The number of pyridine rings is 2. The summed E-state index contributed by atoms with van der Waals surface area (Å²) in [5.41, 5.74) is 3.93. The Bertz CT molecular complexity index is 1010. The topological polar surface area (TPSA) is 88.8 Å². The molecule has 2 aliphatic rings. The van der Waals surface area contributed by atoms with Gasteiger partial charge < -0.3 is 10.2 Å². The zero-order valence-electron chi connectivity index (χ0n) is 17.2. The van der Waals surface area contributed by atoms with Gasteiger partial charge >= 0.3 is 0 Å². The number of hydrogen-bond donors (Lipinski definition) is 1. The van der Waals surface area contributed by atoms with Crippen molar-refractivity contribution < 1.29 is 4.79 Å². The third-order valence-electron chi connectivity index (χ3n) is 6.26. The predicted octanol–water partition coefficient (Wildman–Crippen LogP) is 2.32. The molecular formula is C22H25N7O. The van der Waals surface area contributed by atoms with Gasteiger partial charge in [-0.2, -0.15) is 0 Å². The summed E-state index contributed by atoms with van der Waals surface area (Å²) in [5.74, 6) is 1.56. The molecule has 0 radical (unpaired) electrons. The van der Waals surface area contributed by atoms with Crippen molar-refractivity contribution in [3.05, 3.63) is 60.1 Å². The molecule has 5 rings (SSSR count). The van der Waals surface area contributed by atoms with Gasteiger partial charge in [-0.1, -0.05) is 0 Å². The number of amides is 1. The summed E-state index contributed by atoms with van der Waals surface area (Å²) in [4.78, 5) is 24.2. The second kappa shape index (κ2) is 7.51. The van der Waals surface area contributed by atoms with E-state index in [-0.39, 0.29) is 11.9 Å². The highest BCUT2D eigenvalue weighted by atomic mass is 16.1. The van der Waals surface area contributed by atoms with Crippen LogP contribution in [0.4, 0.5) is 5.69 Å². The lowest BCUT2D eigenvalue weighted by atomic mass is 9.91. The van der Waals surface area contributed by atoms with Crippen LogP contribution in [0.15, 0.2) is 43.1 Å². The van der Waals surface area contributed by atoms with E-state index in [1.54, 1.807) is 29.5 Å². The molecule has 0 spiro atoms. The molecular weight excluding hydrogens is 378 g/mol. The van der Waals surface area contributed by atoms with E-state index in [4.69, 9.17) is 0 Å². The van der Waals surface area contributed by atoms with Gasteiger partial charge in [0, 0.05) is 42.4 Å². The maximum atomic E-state index is 12.9. The van der Waals surface area contributed by atoms with Gasteiger partial charge in [-0.25, -0.2) is 4.98 Å². The van der Waals surface area contributed by atoms with Crippen LogP contribution in [0.3, 0.4) is 0 Å². The molecule has 2 bridgehead atoms. The first kappa shape index (κ1) is 18.7. The second-order valence-corrected chi connectivity index (χ2v) is 8.38. The fraction of sp³-hybridized carbons (Fsp3) is 0.409. The third kappa shape index (κ3) is 3.53. The second-order valence-electron chi connectivity index (χ2n) is 8.38. The lowest BCUT2D eigenvalue weighted by Gasteiger charge is -2.39. The zero-order valence-corrected chi connectivity index (χ0v) is 17.2. The van der Waals surface area contributed by atoms with E-state index in [1.807, 2.05) is 19.9 Å². The number of carbonyl (C=O) groups excluding carboxylic acids is 1. The predicted molar refractivity (Wildman–Crippen MR) is 113 cm³/mol. The smallest absolute Gasteiger partial charge is 0.253 e. The minimum Gasteiger partial charge on any atom is -0.371 e. The Morgan fingerprint density at radius 3 is 2.30 bits per heavy atom. The molecule has 1 saturated carbocycles. The maximum absolute atomic E-state index is 12.9. The van der Waals surface area contributed by atoms with Crippen molar-refractivity contribution in [2.24, 2.45) is 11.8 Å². The van der Waals surface area contributed by atoms with Crippen LogP contribution in [0, 0.1) is 25.7 Å². The number of nitrogens with zero attached hydrogens (tertiary/aromatic N) is 6. The molecule has 1 N–H and O–H groups in total. The minimum atomic E-state index is -0.0521. The maximum Gasteiger partial charge on any atom is 0.253 e. The number of aromatic nitrogens is 5. The van der Waals surface area contributed by atoms with Crippen molar-refractivity contribution in [1.82, 2.24) is 30.0 Å². The quantitative estimate of drug-likeness (QED) is 0.719. The molecule has 8 nitrogen and oxygen atoms in total. The van der Waals surface area contributed by atoms with Crippen molar-refractivity contribution in [3.8, 4) is 5.82 Å². The van der Waals surface area contributed by atoms with Crippen molar-refractivity contribution in [2.75, 3.05) is 18.0 Å². The first-order chi connectivity index (χ1) is 14.6. The molecule has 1 amide bonds. The monoisotopic (exact) mass is 403 g/mol. The van der Waals surface area contributed by atoms with Gasteiger partial charge in [-0.3, -0.25) is 14.3 Å². The highest BCUT2D eigenvalue weighted by Crippen LogP contribution is 2.39. The average molecular weight is 403 g/mol. The van der Waals surface area contributed by atoms with Crippen LogP contribution in [-0.2, 0) is 0 Å². The molecule has 8 heteroatoms. The van der Waals surface area contributed by atoms with E-state index in [0.29, 0.717) is 23.2 Å². The van der Waals surface area contributed by atoms with Gasteiger partial charge in [0.1, 0.15) is 18.5 Å². The Morgan fingerprint density at radius 2 is 1.70 bits per heavy atom. The molecule has 1 aliphatic heterocycles. The van der Waals surface area contributed by atoms with E-state index < -0.39 is 0 Å². The summed E-state index contributed by atoms with van der Waals surface area (Å²) in [6.45, 7) is 6.02. The third-order valence-corrected chi connectivity index (χ3v) is 6.26. The summed E-state index contributed by atoms with van der Waals surface area (Å²) >= 11 is 0. The van der Waals surface area contributed by atoms with E-state index in [0.717, 1.165) is 37.3 Å². The van der Waals surface area contributed by atoms with Gasteiger partial charge in [-0.15, -0.1) is 10.2 Å². The molecule has 1 unspecified atom stereocenters. The Hall–Kier alpha value is -3.29. The number of aryl methyl sites for hydroxylation is 2. The zero-order chi connectivity index (χ0) is 20.7. The summed E-state index contributed by atoms with van der Waals surface area (Å²) in [6, 6.07) is 8.15. The first-order valence-electron chi connectivity index (χ1n) is 10.4. The standard InChI is InChI=1S/C22H25N7O/c1-14-7-19(8-15(2)26-14)28-10-17-3-4-18(11-28)21(17)27-22(30)16-5-6-20(23-9-16)29-12-24-25-13-29/h5-9,12-13,17-18,21H,3-4,10-11H2,1-2H3,(H,27,30)/t17-,18+,21?. The summed E-state index contributed by atoms with van der Waals surface area (Å²) in [6.07, 6.45) is 7.09. The van der Waals surface area contributed by atoms with Crippen LogP contribution in [0.5, 0.6) is 0 Å². The van der Waals surface area contributed by atoms with Crippen molar-refractivity contribution >= 4 is 11.6 Å². The van der Waals surface area contributed by atoms with Crippen LogP contribution < -0.4 is 10.2 Å². The molecule has 2 fully saturated rings. The summed E-state index contributed by atoms with van der Waals surface area (Å²) in [7, 11) is 0. The molecule has 154 valence electrons. The van der Waals surface area contributed by atoms with Gasteiger partial charge in [0.05, 0.1) is 5.56 Å². The fourth-order valence-corrected chi connectivity index (χ4v) is 4.89. The molecule has 3 aromatic rings. The Morgan fingerprint density at radius 1 is 1.03 bits per heavy atom. The molecule has 1 saturated heterocycles. The number of anilines is 1. The highest BCUT2D eigenvalue weighted by molar-refractivity contribution is 5.94. The van der Waals surface area contributed by atoms with E-state index in [2.05, 4.69) is 42.5 Å². The number of carbonyl (C=O) groups is 1. The van der Waals surface area contributed by atoms with Crippen LogP contribution in [0.25, 0.3) is 5.82 Å². The van der Waals surface area contributed by atoms with Gasteiger partial charge in [0.2, 0.25) is 0 Å². The summed E-state index contributed by atoms with van der Waals surface area (Å²) in [5, 5.41) is 10.9. The van der Waals surface area contributed by atoms with Gasteiger partial charge in [0.25, 0.3) is 5.91 Å². The fourth-order valence-electron chi connectivity index (χ4n) is 4.89. The highest BCUT2D eigenvalue weighted by Gasteiger charge is 2.43. The average Bonchev–Trinajstić information content (AvgIpc) is 3.33. The van der Waals surface area contributed by atoms with Crippen molar-refractivity contribution in [2.45, 2.75) is 32.7 Å².